The highest BCUT2D eigenvalue weighted by molar-refractivity contribution is 5.87. The monoisotopic (exact) mass is 358 g/mol. The zero-order valence-corrected chi connectivity index (χ0v) is 15.2. The minimum absolute atomic E-state index is 0.135. The highest BCUT2D eigenvalue weighted by atomic mass is 16.5. The Balaban J connectivity index is 1.98. The largest absolute Gasteiger partial charge is 0.493 e. The number of aryl methyl sites for hydroxylation is 1. The third-order valence-corrected chi connectivity index (χ3v) is 3.49. The number of carbonyl (C=O) groups is 1. The van der Waals surface area contributed by atoms with Crippen LogP contribution in [0.25, 0.3) is 0 Å². The summed E-state index contributed by atoms with van der Waals surface area (Å²) in [7, 11) is 4.58. The maximum Gasteiger partial charge on any atom is 0.277 e. The summed E-state index contributed by atoms with van der Waals surface area (Å²) in [5.74, 6) is 1.71. The molecule has 0 saturated carbocycles. The molecule has 0 radical (unpaired) electrons. The first-order chi connectivity index (χ1) is 12.6. The summed E-state index contributed by atoms with van der Waals surface area (Å²) in [5.41, 5.74) is 4.10. The van der Waals surface area contributed by atoms with Crippen LogP contribution in [0.5, 0.6) is 23.0 Å². The van der Waals surface area contributed by atoms with Gasteiger partial charge in [0.05, 0.1) is 27.5 Å². The number of carbonyl (C=O) groups excluding carboxylic acids is 1. The highest BCUT2D eigenvalue weighted by Gasteiger charge is 2.14. The molecule has 1 amide bonds. The molecule has 0 spiro atoms. The number of hydrazone groups is 1. The summed E-state index contributed by atoms with van der Waals surface area (Å²) >= 11 is 0. The predicted molar refractivity (Wildman–Crippen MR) is 98.5 cm³/mol. The average Bonchev–Trinajstić information content (AvgIpc) is 2.65. The minimum atomic E-state index is -0.373. The number of ether oxygens (including phenoxy) is 4. The van der Waals surface area contributed by atoms with Crippen molar-refractivity contribution in [3.05, 3.63) is 47.5 Å². The van der Waals surface area contributed by atoms with Crippen molar-refractivity contribution in [2.45, 2.75) is 6.92 Å². The van der Waals surface area contributed by atoms with E-state index in [1.54, 1.807) is 25.3 Å². The molecule has 138 valence electrons. The Labute approximate surface area is 152 Å². The molecular formula is C19H22N2O5. The van der Waals surface area contributed by atoms with E-state index in [-0.39, 0.29) is 12.5 Å². The van der Waals surface area contributed by atoms with Gasteiger partial charge in [0.2, 0.25) is 5.75 Å². The van der Waals surface area contributed by atoms with E-state index >= 15 is 0 Å². The Hall–Kier alpha value is -3.22. The molecule has 2 aromatic carbocycles. The molecule has 0 aliphatic carbocycles. The molecule has 0 fully saturated rings. The van der Waals surface area contributed by atoms with E-state index in [4.69, 9.17) is 18.9 Å². The SMILES string of the molecule is COc1ccc(C=NNC(=O)COc2cccc(C)c2)c(OC)c1OC. The zero-order valence-electron chi connectivity index (χ0n) is 15.2. The second-order valence-corrected chi connectivity index (χ2v) is 5.32. The molecule has 0 aliphatic heterocycles. The van der Waals surface area contributed by atoms with Crippen molar-refractivity contribution in [2.24, 2.45) is 5.10 Å². The summed E-state index contributed by atoms with van der Waals surface area (Å²) in [6.07, 6.45) is 1.46. The third-order valence-electron chi connectivity index (χ3n) is 3.49. The molecule has 7 heteroatoms. The molecule has 7 nitrogen and oxygen atoms in total. The number of hydrogen-bond acceptors (Lipinski definition) is 6. The molecule has 1 N–H and O–H groups in total. The normalized spacial score (nSPS) is 10.5. The van der Waals surface area contributed by atoms with Gasteiger partial charge in [-0.1, -0.05) is 12.1 Å². The van der Waals surface area contributed by atoms with E-state index < -0.39 is 0 Å². The van der Waals surface area contributed by atoms with Crippen LogP contribution < -0.4 is 24.4 Å². The van der Waals surface area contributed by atoms with Crippen molar-refractivity contribution >= 4 is 12.1 Å². The lowest BCUT2D eigenvalue weighted by Crippen LogP contribution is -2.24. The van der Waals surface area contributed by atoms with Gasteiger partial charge in [0.1, 0.15) is 5.75 Å². The van der Waals surface area contributed by atoms with Crippen LogP contribution in [0.3, 0.4) is 0 Å². The Morgan fingerprint density at radius 2 is 1.85 bits per heavy atom. The molecule has 26 heavy (non-hydrogen) atoms. The summed E-state index contributed by atoms with van der Waals surface area (Å²) in [5, 5.41) is 3.93. The molecule has 0 saturated heterocycles. The first-order valence-corrected chi connectivity index (χ1v) is 7.89. The van der Waals surface area contributed by atoms with Crippen LogP contribution in [-0.4, -0.2) is 40.1 Å². The Morgan fingerprint density at radius 3 is 2.50 bits per heavy atom. The summed E-state index contributed by atoms with van der Waals surface area (Å²) in [6, 6.07) is 10.9. The van der Waals surface area contributed by atoms with E-state index in [1.807, 2.05) is 25.1 Å². The number of rotatable bonds is 8. The smallest absolute Gasteiger partial charge is 0.277 e. The van der Waals surface area contributed by atoms with E-state index in [9.17, 15) is 4.79 Å². The summed E-state index contributed by atoms with van der Waals surface area (Å²) < 4.78 is 21.3. The van der Waals surface area contributed by atoms with Crippen LogP contribution in [-0.2, 0) is 4.79 Å². The summed E-state index contributed by atoms with van der Waals surface area (Å²) in [6.45, 7) is 1.82. The number of benzene rings is 2. The first-order valence-electron chi connectivity index (χ1n) is 7.89. The van der Waals surface area contributed by atoms with Crippen molar-refractivity contribution in [1.82, 2.24) is 5.43 Å². The topological polar surface area (TPSA) is 78.4 Å². The molecule has 0 aromatic heterocycles. The van der Waals surface area contributed by atoms with E-state index in [0.29, 0.717) is 28.6 Å². The van der Waals surface area contributed by atoms with Gasteiger partial charge in [0.25, 0.3) is 5.91 Å². The number of nitrogens with zero attached hydrogens (tertiary/aromatic N) is 1. The van der Waals surface area contributed by atoms with Gasteiger partial charge < -0.3 is 18.9 Å². The lowest BCUT2D eigenvalue weighted by molar-refractivity contribution is -0.123. The van der Waals surface area contributed by atoms with Gasteiger partial charge in [-0.25, -0.2) is 5.43 Å². The second kappa shape index (κ2) is 9.31. The molecule has 0 aliphatic rings. The van der Waals surface area contributed by atoms with Crippen LogP contribution in [0.4, 0.5) is 0 Å². The Kier molecular flexibility index (Phi) is 6.84. The van der Waals surface area contributed by atoms with Crippen LogP contribution >= 0.6 is 0 Å². The Morgan fingerprint density at radius 1 is 1.08 bits per heavy atom. The molecule has 0 heterocycles. The molecular weight excluding hydrogens is 336 g/mol. The lowest BCUT2D eigenvalue weighted by atomic mass is 10.2. The van der Waals surface area contributed by atoms with Crippen molar-refractivity contribution in [3.63, 3.8) is 0 Å². The maximum absolute atomic E-state index is 11.8. The van der Waals surface area contributed by atoms with Crippen LogP contribution in [0.2, 0.25) is 0 Å². The van der Waals surface area contributed by atoms with Crippen LogP contribution in [0.1, 0.15) is 11.1 Å². The van der Waals surface area contributed by atoms with Gasteiger partial charge in [-0.15, -0.1) is 0 Å². The van der Waals surface area contributed by atoms with E-state index in [2.05, 4.69) is 10.5 Å². The molecule has 0 bridgehead atoms. The molecule has 0 atom stereocenters. The van der Waals surface area contributed by atoms with E-state index in [0.717, 1.165) is 5.56 Å². The van der Waals surface area contributed by atoms with Gasteiger partial charge >= 0.3 is 0 Å². The van der Waals surface area contributed by atoms with Crippen molar-refractivity contribution in [1.29, 1.82) is 0 Å². The van der Waals surface area contributed by atoms with Crippen molar-refractivity contribution < 1.29 is 23.7 Å². The first kappa shape index (κ1) is 19.1. The van der Waals surface area contributed by atoms with E-state index in [1.165, 1.54) is 20.4 Å². The van der Waals surface area contributed by atoms with Gasteiger partial charge in [-0.05, 0) is 36.8 Å². The van der Waals surface area contributed by atoms with Gasteiger partial charge in [-0.3, -0.25) is 4.79 Å². The number of methoxy groups -OCH3 is 3. The quantitative estimate of drug-likeness (QED) is 0.580. The molecule has 2 rings (SSSR count). The Bertz CT molecular complexity index is 789. The maximum atomic E-state index is 11.8. The standard InChI is InChI=1S/C19H22N2O5/c1-13-6-5-7-15(10-13)26-12-17(22)21-20-11-14-8-9-16(23-2)19(25-4)18(14)24-3/h5-11H,12H2,1-4H3,(H,21,22). The minimum Gasteiger partial charge on any atom is -0.493 e. The molecule has 2 aromatic rings. The van der Waals surface area contributed by atoms with Crippen molar-refractivity contribution in [2.75, 3.05) is 27.9 Å². The van der Waals surface area contributed by atoms with Crippen molar-refractivity contribution in [3.8, 4) is 23.0 Å². The van der Waals surface area contributed by atoms with Gasteiger partial charge in [-0.2, -0.15) is 5.10 Å². The zero-order chi connectivity index (χ0) is 18.9. The van der Waals surface area contributed by atoms with Gasteiger partial charge in [0.15, 0.2) is 18.1 Å². The lowest BCUT2D eigenvalue weighted by Gasteiger charge is -2.13. The van der Waals surface area contributed by atoms with Gasteiger partial charge in [0, 0.05) is 5.56 Å². The predicted octanol–water partition coefficient (Wildman–Crippen LogP) is 2.55. The number of amides is 1. The fraction of sp³-hybridized carbons (Fsp3) is 0.263. The third kappa shape index (κ3) is 4.89. The second-order valence-electron chi connectivity index (χ2n) is 5.32. The average molecular weight is 358 g/mol. The van der Waals surface area contributed by atoms with Crippen LogP contribution in [0, 0.1) is 6.92 Å². The highest BCUT2D eigenvalue weighted by Crippen LogP contribution is 2.38. The summed E-state index contributed by atoms with van der Waals surface area (Å²) in [4.78, 5) is 11.8. The number of nitrogens with one attached hydrogen (secondary N) is 1. The molecule has 0 unspecified atom stereocenters. The number of hydrogen-bond donors (Lipinski definition) is 1. The van der Waals surface area contributed by atoms with Crippen LogP contribution in [0.15, 0.2) is 41.5 Å². The fourth-order valence-electron chi connectivity index (χ4n) is 2.29. The fourth-order valence-corrected chi connectivity index (χ4v) is 2.29.